The molecule has 1 unspecified atom stereocenters. The number of aromatic amines is 1. The Kier molecular flexibility index (Phi) is 2.89. The van der Waals surface area contributed by atoms with Gasteiger partial charge in [-0.3, -0.25) is 14.7 Å². The van der Waals surface area contributed by atoms with E-state index in [2.05, 4.69) is 28.7 Å². The summed E-state index contributed by atoms with van der Waals surface area (Å²) in [5, 5.41) is 0. The summed E-state index contributed by atoms with van der Waals surface area (Å²) in [5.41, 5.74) is 7.72. The minimum atomic E-state index is -0.0612. The van der Waals surface area contributed by atoms with Gasteiger partial charge in [0, 0.05) is 24.7 Å². The Morgan fingerprint density at radius 1 is 1.47 bits per heavy atom. The number of fused-ring (bicyclic) bond motifs is 1. The van der Waals surface area contributed by atoms with Crippen molar-refractivity contribution in [2.24, 2.45) is 5.41 Å². The number of nitrogens with two attached hydrogens (primary N) is 1. The van der Waals surface area contributed by atoms with E-state index < -0.39 is 0 Å². The maximum Gasteiger partial charge on any atom is 0.255 e. The molecule has 1 fully saturated rings. The molecule has 0 spiro atoms. The average molecular weight is 262 g/mol. The van der Waals surface area contributed by atoms with Gasteiger partial charge in [-0.05, 0) is 31.1 Å². The van der Waals surface area contributed by atoms with E-state index in [1.807, 2.05) is 0 Å². The van der Waals surface area contributed by atoms with Crippen molar-refractivity contribution in [1.29, 1.82) is 0 Å². The van der Waals surface area contributed by atoms with Crippen molar-refractivity contribution in [3.8, 4) is 0 Å². The summed E-state index contributed by atoms with van der Waals surface area (Å²) in [4.78, 5) is 21.2. The molecule has 0 radical (unpaired) electrons. The Bertz CT molecular complexity index is 549. The van der Waals surface area contributed by atoms with Crippen molar-refractivity contribution in [2.75, 3.05) is 12.3 Å². The van der Waals surface area contributed by atoms with Gasteiger partial charge in [0.15, 0.2) is 0 Å². The highest BCUT2D eigenvalue weighted by Gasteiger charge is 2.35. The molecule has 2 aliphatic rings. The highest BCUT2D eigenvalue weighted by Crippen LogP contribution is 2.40. The molecule has 1 aromatic rings. The van der Waals surface area contributed by atoms with E-state index in [1.165, 1.54) is 19.3 Å². The van der Waals surface area contributed by atoms with Crippen molar-refractivity contribution in [3.63, 3.8) is 0 Å². The first-order valence-electron chi connectivity index (χ1n) is 7.06. The van der Waals surface area contributed by atoms with Crippen molar-refractivity contribution in [1.82, 2.24) is 14.9 Å². The minimum Gasteiger partial charge on any atom is -0.369 e. The van der Waals surface area contributed by atoms with Crippen LogP contribution in [-0.2, 0) is 13.0 Å². The maximum atomic E-state index is 11.8. The molecule has 3 N–H and O–H groups in total. The molecular weight excluding hydrogens is 240 g/mol. The summed E-state index contributed by atoms with van der Waals surface area (Å²) < 4.78 is 0. The molecule has 19 heavy (non-hydrogen) atoms. The number of H-pyrrole nitrogens is 1. The monoisotopic (exact) mass is 262 g/mol. The van der Waals surface area contributed by atoms with Gasteiger partial charge < -0.3 is 5.73 Å². The Hall–Kier alpha value is -1.36. The maximum absolute atomic E-state index is 11.8. The van der Waals surface area contributed by atoms with Crippen molar-refractivity contribution in [2.45, 2.75) is 52.1 Å². The standard InChI is InChI=1S/C14H22N4O/c1-14(2)5-3-9(7-14)18-6-4-10-11(8-18)16-13(15)17-12(10)19/h9H,3-8H2,1-2H3,(H3,15,16,17,19). The minimum absolute atomic E-state index is 0.0612. The molecule has 0 amide bonds. The first kappa shape index (κ1) is 12.7. The summed E-state index contributed by atoms with van der Waals surface area (Å²) >= 11 is 0. The van der Waals surface area contributed by atoms with Crippen molar-refractivity contribution >= 4 is 5.95 Å². The van der Waals surface area contributed by atoms with Gasteiger partial charge in [0.1, 0.15) is 0 Å². The normalized spacial score (nSPS) is 26.3. The van der Waals surface area contributed by atoms with E-state index in [-0.39, 0.29) is 11.5 Å². The third-order valence-corrected chi connectivity index (χ3v) is 4.58. The Labute approximate surface area is 113 Å². The van der Waals surface area contributed by atoms with Gasteiger partial charge in [-0.15, -0.1) is 0 Å². The van der Waals surface area contributed by atoms with Crippen LogP contribution in [0.4, 0.5) is 5.95 Å². The first-order valence-corrected chi connectivity index (χ1v) is 7.06. The lowest BCUT2D eigenvalue weighted by Crippen LogP contribution is -2.41. The van der Waals surface area contributed by atoms with Crippen LogP contribution in [0.5, 0.6) is 0 Å². The molecule has 0 saturated heterocycles. The van der Waals surface area contributed by atoms with Crippen LogP contribution >= 0.6 is 0 Å². The Balaban J connectivity index is 1.81. The molecule has 1 atom stereocenters. The SMILES string of the molecule is CC1(C)CCC(N2CCc3c(nc(N)[nH]c3=O)C2)C1. The molecule has 2 heterocycles. The molecule has 1 aromatic heterocycles. The van der Waals surface area contributed by atoms with Crippen LogP contribution in [0, 0.1) is 5.41 Å². The second-order valence-corrected chi connectivity index (χ2v) is 6.66. The summed E-state index contributed by atoms with van der Waals surface area (Å²) in [6.07, 6.45) is 4.56. The molecule has 0 bridgehead atoms. The van der Waals surface area contributed by atoms with E-state index in [0.29, 0.717) is 11.5 Å². The second-order valence-electron chi connectivity index (χ2n) is 6.66. The number of anilines is 1. The molecular formula is C14H22N4O. The molecule has 5 heteroatoms. The van der Waals surface area contributed by atoms with Gasteiger partial charge >= 0.3 is 0 Å². The zero-order valence-corrected chi connectivity index (χ0v) is 11.7. The molecule has 1 aliphatic heterocycles. The van der Waals surface area contributed by atoms with E-state index in [1.54, 1.807) is 0 Å². The summed E-state index contributed by atoms with van der Waals surface area (Å²) in [6.45, 7) is 6.41. The fourth-order valence-electron chi connectivity index (χ4n) is 3.50. The number of nitrogen functional groups attached to an aromatic ring is 1. The quantitative estimate of drug-likeness (QED) is 0.799. The molecule has 1 aliphatic carbocycles. The number of rotatable bonds is 1. The van der Waals surface area contributed by atoms with E-state index >= 15 is 0 Å². The average Bonchev–Trinajstić information content (AvgIpc) is 2.68. The third-order valence-electron chi connectivity index (χ3n) is 4.58. The van der Waals surface area contributed by atoms with Gasteiger partial charge in [0.25, 0.3) is 5.56 Å². The number of nitrogens with one attached hydrogen (secondary N) is 1. The lowest BCUT2D eigenvalue weighted by Gasteiger charge is -2.33. The van der Waals surface area contributed by atoms with Crippen LogP contribution in [-0.4, -0.2) is 27.5 Å². The van der Waals surface area contributed by atoms with E-state index in [0.717, 1.165) is 30.8 Å². The first-order chi connectivity index (χ1) is 8.94. The fourth-order valence-corrected chi connectivity index (χ4v) is 3.50. The van der Waals surface area contributed by atoms with Crippen LogP contribution in [0.2, 0.25) is 0 Å². The predicted molar refractivity (Wildman–Crippen MR) is 74.8 cm³/mol. The zero-order chi connectivity index (χ0) is 13.6. The van der Waals surface area contributed by atoms with Gasteiger partial charge in [0.05, 0.1) is 5.69 Å². The molecule has 0 aromatic carbocycles. The van der Waals surface area contributed by atoms with Gasteiger partial charge in [-0.25, -0.2) is 4.98 Å². The molecule has 104 valence electrons. The largest absolute Gasteiger partial charge is 0.369 e. The Morgan fingerprint density at radius 3 is 2.95 bits per heavy atom. The van der Waals surface area contributed by atoms with Crippen molar-refractivity contribution < 1.29 is 0 Å². The Morgan fingerprint density at radius 2 is 2.26 bits per heavy atom. The number of nitrogens with zero attached hydrogens (tertiary/aromatic N) is 2. The van der Waals surface area contributed by atoms with Crippen molar-refractivity contribution in [3.05, 3.63) is 21.6 Å². The smallest absolute Gasteiger partial charge is 0.255 e. The van der Waals surface area contributed by atoms with Gasteiger partial charge in [0.2, 0.25) is 5.95 Å². The van der Waals surface area contributed by atoms with Crippen LogP contribution in [0.1, 0.15) is 44.4 Å². The molecule has 3 rings (SSSR count). The second kappa shape index (κ2) is 4.34. The van der Waals surface area contributed by atoms with E-state index in [4.69, 9.17) is 5.73 Å². The van der Waals surface area contributed by atoms with Crippen LogP contribution < -0.4 is 11.3 Å². The molecule has 1 saturated carbocycles. The summed E-state index contributed by atoms with van der Waals surface area (Å²) in [7, 11) is 0. The number of hydrogen-bond donors (Lipinski definition) is 2. The lowest BCUT2D eigenvalue weighted by molar-refractivity contribution is 0.167. The van der Waals surface area contributed by atoms with Crippen LogP contribution in [0.25, 0.3) is 0 Å². The van der Waals surface area contributed by atoms with Crippen LogP contribution in [0.3, 0.4) is 0 Å². The number of hydrogen-bond acceptors (Lipinski definition) is 4. The summed E-state index contributed by atoms with van der Waals surface area (Å²) in [6, 6.07) is 0.630. The zero-order valence-electron chi connectivity index (χ0n) is 11.7. The third kappa shape index (κ3) is 2.39. The number of aromatic nitrogens is 2. The van der Waals surface area contributed by atoms with Gasteiger partial charge in [-0.2, -0.15) is 0 Å². The lowest BCUT2D eigenvalue weighted by atomic mass is 9.91. The predicted octanol–water partition coefficient (Wildman–Crippen LogP) is 1.29. The topological polar surface area (TPSA) is 75.0 Å². The fraction of sp³-hybridized carbons (Fsp3) is 0.714. The van der Waals surface area contributed by atoms with Gasteiger partial charge in [-0.1, -0.05) is 13.8 Å². The van der Waals surface area contributed by atoms with Crippen LogP contribution in [0.15, 0.2) is 4.79 Å². The summed E-state index contributed by atoms with van der Waals surface area (Å²) in [5.74, 6) is 0.234. The highest BCUT2D eigenvalue weighted by atomic mass is 16.1. The highest BCUT2D eigenvalue weighted by molar-refractivity contribution is 5.27. The van der Waals surface area contributed by atoms with E-state index in [9.17, 15) is 4.79 Å². The molecule has 5 nitrogen and oxygen atoms in total.